The van der Waals surface area contributed by atoms with Crippen LogP contribution in [0, 0.1) is 12.7 Å². The van der Waals surface area contributed by atoms with Gasteiger partial charge in [-0.05, 0) is 31.0 Å². The highest BCUT2D eigenvalue weighted by Gasteiger charge is 2.14. The molecule has 18 heavy (non-hydrogen) atoms. The highest BCUT2D eigenvalue weighted by Crippen LogP contribution is 2.13. The predicted molar refractivity (Wildman–Crippen MR) is 63.2 cm³/mol. The van der Waals surface area contributed by atoms with Crippen LogP contribution in [0.4, 0.5) is 4.39 Å². The third-order valence-corrected chi connectivity index (χ3v) is 3.77. The van der Waals surface area contributed by atoms with E-state index in [1.165, 1.54) is 19.1 Å². The van der Waals surface area contributed by atoms with Crippen LogP contribution in [0.15, 0.2) is 23.1 Å². The fourth-order valence-electron chi connectivity index (χ4n) is 1.27. The van der Waals surface area contributed by atoms with Gasteiger partial charge >= 0.3 is 5.97 Å². The molecule has 7 heteroatoms. The lowest BCUT2D eigenvalue weighted by molar-refractivity contribution is -0.137. The van der Waals surface area contributed by atoms with Gasteiger partial charge in [-0.1, -0.05) is 6.07 Å². The molecule has 0 heterocycles. The quantitative estimate of drug-likeness (QED) is 0.766. The first-order valence-electron chi connectivity index (χ1n) is 5.30. The third kappa shape index (κ3) is 4.08. The van der Waals surface area contributed by atoms with Gasteiger partial charge in [-0.3, -0.25) is 4.79 Å². The van der Waals surface area contributed by atoms with E-state index in [9.17, 15) is 17.6 Å². The van der Waals surface area contributed by atoms with E-state index in [2.05, 4.69) is 4.72 Å². The van der Waals surface area contributed by atoms with Crippen molar-refractivity contribution in [3.8, 4) is 0 Å². The summed E-state index contributed by atoms with van der Waals surface area (Å²) in [6.07, 6.45) is 0.0632. The molecule has 2 N–H and O–H groups in total. The van der Waals surface area contributed by atoms with Crippen LogP contribution in [0.1, 0.15) is 18.4 Å². The summed E-state index contributed by atoms with van der Waals surface area (Å²) in [6, 6.07) is 3.62. The van der Waals surface area contributed by atoms with E-state index in [1.54, 1.807) is 0 Å². The van der Waals surface area contributed by atoms with Gasteiger partial charge in [0, 0.05) is 13.0 Å². The van der Waals surface area contributed by atoms with Gasteiger partial charge in [0.05, 0.1) is 4.90 Å². The Bertz CT molecular complexity index is 542. The SMILES string of the molecule is Cc1ccc(S(=O)(=O)NCCCC(=O)O)cc1F. The molecule has 0 saturated carbocycles. The second-order valence-corrected chi connectivity index (χ2v) is 5.57. The Labute approximate surface area is 105 Å². The first kappa shape index (κ1) is 14.6. The van der Waals surface area contributed by atoms with Gasteiger partial charge in [-0.15, -0.1) is 0 Å². The zero-order valence-corrected chi connectivity index (χ0v) is 10.6. The molecule has 0 atom stereocenters. The van der Waals surface area contributed by atoms with Crippen LogP contribution in [0.3, 0.4) is 0 Å². The maximum absolute atomic E-state index is 13.2. The summed E-state index contributed by atoms with van der Waals surface area (Å²) in [5, 5.41) is 8.40. The van der Waals surface area contributed by atoms with Crippen molar-refractivity contribution >= 4 is 16.0 Å². The molecule has 0 radical (unpaired) electrons. The van der Waals surface area contributed by atoms with E-state index in [1.807, 2.05) is 0 Å². The van der Waals surface area contributed by atoms with Gasteiger partial charge < -0.3 is 5.11 Å². The summed E-state index contributed by atoms with van der Waals surface area (Å²) in [5.74, 6) is -1.58. The van der Waals surface area contributed by atoms with Crippen LogP contribution in [-0.4, -0.2) is 26.0 Å². The summed E-state index contributed by atoms with van der Waals surface area (Å²) in [6.45, 7) is 1.54. The lowest BCUT2D eigenvalue weighted by atomic mass is 10.2. The lowest BCUT2D eigenvalue weighted by Crippen LogP contribution is -2.25. The largest absolute Gasteiger partial charge is 0.481 e. The molecule has 0 fully saturated rings. The molecule has 0 unspecified atom stereocenters. The molecular formula is C11H14FNO4S. The van der Waals surface area contributed by atoms with Crippen molar-refractivity contribution < 1.29 is 22.7 Å². The highest BCUT2D eigenvalue weighted by atomic mass is 32.2. The number of hydrogen-bond donors (Lipinski definition) is 2. The monoisotopic (exact) mass is 275 g/mol. The van der Waals surface area contributed by atoms with E-state index in [0.717, 1.165) is 6.07 Å². The predicted octanol–water partition coefficient (Wildman–Crippen LogP) is 1.28. The van der Waals surface area contributed by atoms with Crippen molar-refractivity contribution in [1.29, 1.82) is 0 Å². The number of carboxylic acid groups (broad SMARTS) is 1. The molecular weight excluding hydrogens is 261 g/mol. The Morgan fingerprint density at radius 3 is 2.67 bits per heavy atom. The number of carboxylic acids is 1. The smallest absolute Gasteiger partial charge is 0.303 e. The Balaban J connectivity index is 2.68. The summed E-state index contributed by atoms with van der Waals surface area (Å²) in [4.78, 5) is 10.1. The number of sulfonamides is 1. The molecule has 0 aliphatic heterocycles. The van der Waals surface area contributed by atoms with Gasteiger partial charge in [-0.25, -0.2) is 17.5 Å². The van der Waals surface area contributed by atoms with Gasteiger partial charge in [0.1, 0.15) is 5.82 Å². The lowest BCUT2D eigenvalue weighted by Gasteiger charge is -2.06. The van der Waals surface area contributed by atoms with Crippen LogP contribution in [0.25, 0.3) is 0 Å². The summed E-state index contributed by atoms with van der Waals surface area (Å²) in [5.41, 5.74) is 0.361. The molecule has 0 bridgehead atoms. The summed E-state index contributed by atoms with van der Waals surface area (Å²) < 4.78 is 38.9. The third-order valence-electron chi connectivity index (χ3n) is 2.31. The number of aliphatic carboxylic acids is 1. The van der Waals surface area contributed by atoms with Gasteiger partial charge in [0.15, 0.2) is 0 Å². The van der Waals surface area contributed by atoms with Gasteiger partial charge in [-0.2, -0.15) is 0 Å². The standard InChI is InChI=1S/C11H14FNO4S/c1-8-4-5-9(7-10(8)12)18(16,17)13-6-2-3-11(14)15/h4-5,7,13H,2-3,6H2,1H3,(H,14,15). The van der Waals surface area contributed by atoms with E-state index in [4.69, 9.17) is 5.11 Å². The topological polar surface area (TPSA) is 83.5 Å². The van der Waals surface area contributed by atoms with Crippen molar-refractivity contribution in [2.75, 3.05) is 6.54 Å². The van der Waals surface area contributed by atoms with Crippen molar-refractivity contribution in [3.05, 3.63) is 29.6 Å². The van der Waals surface area contributed by atoms with Crippen molar-refractivity contribution in [1.82, 2.24) is 4.72 Å². The van der Waals surface area contributed by atoms with E-state index >= 15 is 0 Å². The zero-order valence-electron chi connectivity index (χ0n) is 9.81. The van der Waals surface area contributed by atoms with Gasteiger partial charge in [0.2, 0.25) is 10.0 Å². The van der Waals surface area contributed by atoms with Crippen molar-refractivity contribution in [3.63, 3.8) is 0 Å². The molecule has 1 aromatic rings. The van der Waals surface area contributed by atoms with E-state index in [-0.39, 0.29) is 24.3 Å². The Morgan fingerprint density at radius 1 is 1.44 bits per heavy atom. The molecule has 0 aromatic heterocycles. The van der Waals surface area contributed by atoms with Crippen LogP contribution in [0.2, 0.25) is 0 Å². The second kappa shape index (κ2) is 5.92. The Hall–Kier alpha value is -1.47. The van der Waals surface area contributed by atoms with E-state index < -0.39 is 21.8 Å². The normalized spacial score (nSPS) is 11.4. The molecule has 0 spiro atoms. The van der Waals surface area contributed by atoms with Gasteiger partial charge in [0.25, 0.3) is 0 Å². The Kier molecular flexibility index (Phi) is 4.80. The molecule has 100 valence electrons. The number of nitrogens with one attached hydrogen (secondary N) is 1. The highest BCUT2D eigenvalue weighted by molar-refractivity contribution is 7.89. The number of halogens is 1. The number of carbonyl (C=O) groups is 1. The number of hydrogen-bond acceptors (Lipinski definition) is 3. The van der Waals surface area contributed by atoms with E-state index in [0.29, 0.717) is 5.56 Å². The first-order chi connectivity index (χ1) is 8.33. The molecule has 0 saturated heterocycles. The fourth-order valence-corrected chi connectivity index (χ4v) is 2.36. The fraction of sp³-hybridized carbons (Fsp3) is 0.364. The summed E-state index contributed by atoms with van der Waals surface area (Å²) >= 11 is 0. The number of aryl methyl sites for hydroxylation is 1. The Morgan fingerprint density at radius 2 is 2.11 bits per heavy atom. The molecule has 5 nitrogen and oxygen atoms in total. The molecule has 1 rings (SSSR count). The van der Waals surface area contributed by atoms with Crippen LogP contribution in [0.5, 0.6) is 0 Å². The molecule has 0 aliphatic carbocycles. The van der Waals surface area contributed by atoms with Crippen LogP contribution in [-0.2, 0) is 14.8 Å². The average Bonchev–Trinajstić information content (AvgIpc) is 2.28. The maximum Gasteiger partial charge on any atom is 0.303 e. The zero-order chi connectivity index (χ0) is 13.8. The molecule has 0 amide bonds. The minimum atomic E-state index is -3.78. The van der Waals surface area contributed by atoms with Crippen LogP contribution < -0.4 is 4.72 Å². The maximum atomic E-state index is 13.2. The van der Waals surface area contributed by atoms with Crippen LogP contribution >= 0.6 is 0 Å². The number of benzene rings is 1. The molecule has 0 aliphatic rings. The summed E-state index contributed by atoms with van der Waals surface area (Å²) in [7, 11) is -3.78. The minimum Gasteiger partial charge on any atom is -0.481 e. The molecule has 1 aromatic carbocycles. The minimum absolute atomic E-state index is 0.00410. The van der Waals surface area contributed by atoms with Crippen molar-refractivity contribution in [2.24, 2.45) is 0 Å². The second-order valence-electron chi connectivity index (χ2n) is 3.81. The van der Waals surface area contributed by atoms with Crippen molar-refractivity contribution in [2.45, 2.75) is 24.7 Å². The first-order valence-corrected chi connectivity index (χ1v) is 6.79. The average molecular weight is 275 g/mol. The number of rotatable bonds is 6.